The summed E-state index contributed by atoms with van der Waals surface area (Å²) < 4.78 is 0. The van der Waals surface area contributed by atoms with Crippen molar-refractivity contribution in [3.63, 3.8) is 0 Å². The third-order valence-corrected chi connectivity index (χ3v) is 9.15. The van der Waals surface area contributed by atoms with Gasteiger partial charge in [-0.25, -0.2) is 4.98 Å². The monoisotopic (exact) mass is 496 g/mol. The number of imidazole rings is 1. The lowest BCUT2D eigenvalue weighted by Gasteiger charge is -2.57. The molecular weight excluding hydrogens is 460 g/mol. The largest absolute Gasteiger partial charge is 0.349 e. The Kier molecular flexibility index (Phi) is 6.00. The molecule has 6 aliphatic rings. The number of β-lactam (4-membered cyclic amide) rings is 1. The summed E-state index contributed by atoms with van der Waals surface area (Å²) in [5.41, 5.74) is 0.613. The molecule has 4 N–H and O–H groups in total. The third kappa shape index (κ3) is 4.50. The first-order valence-electron chi connectivity index (χ1n) is 13.6. The molecule has 3 heterocycles. The van der Waals surface area contributed by atoms with Crippen molar-refractivity contribution in [3.05, 3.63) is 18.2 Å². The Morgan fingerprint density at radius 1 is 1.08 bits per heavy atom. The summed E-state index contributed by atoms with van der Waals surface area (Å²) in [6, 6.07) is -1.99. The number of amides is 4. The second kappa shape index (κ2) is 9.19. The summed E-state index contributed by atoms with van der Waals surface area (Å²) in [5, 5.41) is 8.86. The Bertz CT molecular complexity index is 996. The average molecular weight is 497 g/mol. The summed E-state index contributed by atoms with van der Waals surface area (Å²) in [7, 11) is 0. The average Bonchev–Trinajstić information content (AvgIpc) is 3.33. The molecule has 4 aliphatic carbocycles. The highest BCUT2D eigenvalue weighted by molar-refractivity contribution is 5.99. The maximum atomic E-state index is 13.8. The number of carbonyl (C=O) groups excluding carboxylic acids is 4. The van der Waals surface area contributed by atoms with Crippen molar-refractivity contribution < 1.29 is 19.2 Å². The van der Waals surface area contributed by atoms with Gasteiger partial charge in [-0.2, -0.15) is 0 Å². The predicted molar refractivity (Wildman–Crippen MR) is 129 cm³/mol. The number of nitrogens with zero attached hydrogens (tertiary/aromatic N) is 2. The zero-order chi connectivity index (χ0) is 24.9. The highest BCUT2D eigenvalue weighted by Crippen LogP contribution is 2.55. The molecule has 10 nitrogen and oxygen atoms in total. The number of aromatic nitrogens is 2. The molecule has 6 fully saturated rings. The van der Waals surface area contributed by atoms with E-state index in [1.165, 1.54) is 25.6 Å². The van der Waals surface area contributed by atoms with Crippen molar-refractivity contribution >= 4 is 23.6 Å². The number of likely N-dealkylation sites (tertiary alicyclic amines) is 1. The van der Waals surface area contributed by atoms with E-state index in [0.717, 1.165) is 55.6 Å². The first-order valence-corrected chi connectivity index (χ1v) is 13.6. The SMILES string of the molecule is O=C1CC(C(=O)N[C@@H](Cc2cnc[nH]2)C(=O)N2CCCCC2C(=O)NC23CC4CC(CC(C4)C2)C3)N1. The Hall–Kier alpha value is -2.91. The van der Waals surface area contributed by atoms with E-state index in [9.17, 15) is 19.2 Å². The molecule has 194 valence electrons. The fraction of sp³-hybridized carbons (Fsp3) is 0.731. The number of rotatable bonds is 7. The van der Waals surface area contributed by atoms with Gasteiger partial charge in [-0.05, 0) is 75.5 Å². The number of hydrogen-bond acceptors (Lipinski definition) is 5. The quantitative estimate of drug-likeness (QED) is 0.414. The summed E-state index contributed by atoms with van der Waals surface area (Å²) in [6.07, 6.45) is 13.0. The van der Waals surface area contributed by atoms with Gasteiger partial charge in [0.25, 0.3) is 0 Å². The molecule has 1 aromatic rings. The molecule has 2 saturated heterocycles. The molecule has 0 spiro atoms. The van der Waals surface area contributed by atoms with E-state index in [0.29, 0.717) is 13.0 Å². The molecule has 7 rings (SSSR count). The molecule has 2 aliphatic heterocycles. The van der Waals surface area contributed by atoms with Gasteiger partial charge in [0.2, 0.25) is 23.6 Å². The van der Waals surface area contributed by atoms with Crippen LogP contribution >= 0.6 is 0 Å². The van der Waals surface area contributed by atoms with Gasteiger partial charge in [-0.15, -0.1) is 0 Å². The molecule has 36 heavy (non-hydrogen) atoms. The van der Waals surface area contributed by atoms with Crippen molar-refractivity contribution in [2.45, 2.75) is 94.3 Å². The van der Waals surface area contributed by atoms with Crippen molar-refractivity contribution in [1.82, 2.24) is 30.8 Å². The van der Waals surface area contributed by atoms with Crippen molar-refractivity contribution in [3.8, 4) is 0 Å². The number of nitrogens with one attached hydrogen (secondary N) is 4. The molecule has 2 unspecified atom stereocenters. The number of aromatic amines is 1. The first kappa shape index (κ1) is 23.5. The molecule has 4 bridgehead atoms. The van der Waals surface area contributed by atoms with Crippen LogP contribution in [0.3, 0.4) is 0 Å². The normalized spacial score (nSPS) is 35.5. The minimum Gasteiger partial charge on any atom is -0.349 e. The van der Waals surface area contributed by atoms with Crippen molar-refractivity contribution in [1.29, 1.82) is 0 Å². The minimum atomic E-state index is -0.844. The molecule has 1 aromatic heterocycles. The predicted octanol–water partition coefficient (Wildman–Crippen LogP) is 0.792. The van der Waals surface area contributed by atoms with Gasteiger partial charge >= 0.3 is 0 Å². The summed E-state index contributed by atoms with van der Waals surface area (Å²) in [4.78, 5) is 60.3. The van der Waals surface area contributed by atoms with Crippen molar-refractivity contribution in [2.24, 2.45) is 17.8 Å². The highest BCUT2D eigenvalue weighted by atomic mass is 16.2. The van der Waals surface area contributed by atoms with E-state index in [4.69, 9.17) is 0 Å². The number of hydrogen-bond donors (Lipinski definition) is 4. The van der Waals surface area contributed by atoms with Gasteiger partial charge in [0.05, 0.1) is 12.7 Å². The molecular formula is C26H36N6O4. The van der Waals surface area contributed by atoms with Gasteiger partial charge < -0.3 is 25.8 Å². The molecule has 10 heteroatoms. The molecule has 4 amide bonds. The maximum absolute atomic E-state index is 13.8. The third-order valence-electron chi connectivity index (χ3n) is 9.15. The fourth-order valence-corrected chi connectivity index (χ4v) is 7.88. The lowest BCUT2D eigenvalue weighted by atomic mass is 9.53. The summed E-state index contributed by atoms with van der Waals surface area (Å²) in [5.74, 6) is 1.32. The van der Waals surface area contributed by atoms with Gasteiger partial charge in [0.15, 0.2) is 0 Å². The van der Waals surface area contributed by atoms with Gasteiger partial charge in [-0.1, -0.05) is 0 Å². The van der Waals surface area contributed by atoms with Crippen LogP contribution in [0.15, 0.2) is 12.5 Å². The van der Waals surface area contributed by atoms with E-state index in [-0.39, 0.29) is 42.0 Å². The van der Waals surface area contributed by atoms with E-state index in [1.807, 2.05) is 0 Å². The van der Waals surface area contributed by atoms with Gasteiger partial charge in [-0.3, -0.25) is 19.2 Å². The lowest BCUT2D eigenvalue weighted by molar-refractivity contribution is -0.147. The Labute approximate surface area is 210 Å². The van der Waals surface area contributed by atoms with Crippen LogP contribution in [0.25, 0.3) is 0 Å². The Balaban J connectivity index is 1.17. The standard InChI is InChI=1S/C26H36N6O4/c33-22-9-19(29-22)23(34)30-20(8-18-13-27-14-28-18)25(36)32-4-2-1-3-21(32)24(35)31-26-10-15-5-16(11-26)7-17(6-15)12-26/h13-17,19-21H,1-12H2,(H,27,28)(H,29,33)(H,30,34)(H,31,35)/t15?,16?,17?,19?,20-,21?,26?/m0/s1. The van der Waals surface area contributed by atoms with Crippen molar-refractivity contribution in [2.75, 3.05) is 6.54 Å². The van der Waals surface area contributed by atoms with Crippen LogP contribution < -0.4 is 16.0 Å². The zero-order valence-electron chi connectivity index (χ0n) is 20.6. The molecule has 4 saturated carbocycles. The summed E-state index contributed by atoms with van der Waals surface area (Å²) >= 11 is 0. The van der Waals surface area contributed by atoms with Crippen LogP contribution in [0.5, 0.6) is 0 Å². The minimum absolute atomic E-state index is 0.0390. The van der Waals surface area contributed by atoms with E-state index in [1.54, 1.807) is 11.1 Å². The molecule has 3 atom stereocenters. The van der Waals surface area contributed by atoms with Gasteiger partial charge in [0, 0.05) is 30.4 Å². The van der Waals surface area contributed by atoms with Crippen LogP contribution in [0.4, 0.5) is 0 Å². The number of piperidine rings is 1. The first-order chi connectivity index (χ1) is 17.4. The van der Waals surface area contributed by atoms with Gasteiger partial charge in [0.1, 0.15) is 18.1 Å². The van der Waals surface area contributed by atoms with Crippen LogP contribution in [0.2, 0.25) is 0 Å². The van der Waals surface area contributed by atoms with Crippen LogP contribution in [0, 0.1) is 17.8 Å². The lowest BCUT2D eigenvalue weighted by Crippen LogP contribution is -2.65. The Morgan fingerprint density at radius 3 is 2.39 bits per heavy atom. The fourth-order valence-electron chi connectivity index (χ4n) is 7.88. The van der Waals surface area contributed by atoms with E-state index < -0.39 is 18.1 Å². The van der Waals surface area contributed by atoms with Crippen LogP contribution in [0.1, 0.15) is 69.9 Å². The molecule has 0 radical (unpaired) electrons. The van der Waals surface area contributed by atoms with Crippen LogP contribution in [-0.4, -0.2) is 68.7 Å². The Morgan fingerprint density at radius 2 is 1.78 bits per heavy atom. The topological polar surface area (TPSA) is 136 Å². The summed E-state index contributed by atoms with van der Waals surface area (Å²) in [6.45, 7) is 0.493. The second-order valence-corrected chi connectivity index (χ2v) is 11.9. The van der Waals surface area contributed by atoms with E-state index >= 15 is 0 Å². The second-order valence-electron chi connectivity index (χ2n) is 11.9. The smallest absolute Gasteiger partial charge is 0.246 e. The highest BCUT2D eigenvalue weighted by Gasteiger charge is 2.52. The van der Waals surface area contributed by atoms with E-state index in [2.05, 4.69) is 25.9 Å². The molecule has 0 aromatic carbocycles. The number of carbonyl (C=O) groups is 4. The zero-order valence-corrected chi connectivity index (χ0v) is 20.6. The van der Waals surface area contributed by atoms with Crippen LogP contribution in [-0.2, 0) is 25.6 Å². The maximum Gasteiger partial charge on any atom is 0.246 e. The number of H-pyrrole nitrogens is 1.